The summed E-state index contributed by atoms with van der Waals surface area (Å²) in [6, 6.07) is 5.00. The number of aliphatic hydroxyl groups is 1. The van der Waals surface area contributed by atoms with Gasteiger partial charge in [-0.05, 0) is 43.5 Å². The van der Waals surface area contributed by atoms with Crippen LogP contribution in [0.25, 0.3) is 11.0 Å². The molecule has 3 aromatic rings. The van der Waals surface area contributed by atoms with Crippen molar-refractivity contribution < 1.29 is 29.2 Å². The average Bonchev–Trinajstić information content (AvgIpc) is 3.47. The van der Waals surface area contributed by atoms with Crippen LogP contribution in [0.15, 0.2) is 30.6 Å². The summed E-state index contributed by atoms with van der Waals surface area (Å²) in [4.78, 5) is 15.8. The van der Waals surface area contributed by atoms with Crippen LogP contribution in [0.4, 0.5) is 0 Å². The molecule has 1 aliphatic rings. The summed E-state index contributed by atoms with van der Waals surface area (Å²) in [5.41, 5.74) is 2.31. The van der Waals surface area contributed by atoms with E-state index in [2.05, 4.69) is 10.1 Å². The Morgan fingerprint density at radius 3 is 2.48 bits per heavy atom. The van der Waals surface area contributed by atoms with Crippen LogP contribution in [0.1, 0.15) is 53.3 Å². The molecule has 9 nitrogen and oxygen atoms in total. The third-order valence-electron chi connectivity index (χ3n) is 6.19. The lowest BCUT2D eigenvalue weighted by atomic mass is 10.0. The van der Waals surface area contributed by atoms with Crippen molar-refractivity contribution in [2.24, 2.45) is 0 Å². The Labute approximate surface area is 191 Å². The van der Waals surface area contributed by atoms with Gasteiger partial charge in [-0.25, -0.2) is 4.79 Å². The summed E-state index contributed by atoms with van der Waals surface area (Å²) in [6.07, 6.45) is 5.65. The first-order valence-electron chi connectivity index (χ1n) is 11.0. The van der Waals surface area contributed by atoms with E-state index in [-0.39, 0.29) is 18.2 Å². The van der Waals surface area contributed by atoms with Crippen LogP contribution in [-0.4, -0.2) is 57.4 Å². The molecule has 2 N–H and O–H groups in total. The number of aromatic nitrogens is 3. The number of fused-ring (bicyclic) bond motifs is 1. The van der Waals surface area contributed by atoms with Crippen molar-refractivity contribution >= 4 is 17.0 Å². The molecule has 0 amide bonds. The van der Waals surface area contributed by atoms with E-state index < -0.39 is 18.2 Å². The van der Waals surface area contributed by atoms with Crippen molar-refractivity contribution in [1.82, 2.24) is 14.8 Å². The molecule has 176 valence electrons. The molecular formula is C24H29N3O6. The summed E-state index contributed by atoms with van der Waals surface area (Å²) in [6.45, 7) is 2.12. The summed E-state index contributed by atoms with van der Waals surface area (Å²) >= 11 is 0. The molecule has 0 bridgehead atoms. The molecule has 1 aliphatic carbocycles. The Balaban J connectivity index is 1.68. The van der Waals surface area contributed by atoms with Gasteiger partial charge < -0.3 is 24.4 Å². The number of carboxylic acid groups (broad SMARTS) is 1. The number of ether oxygens (including phenoxy) is 3. The van der Waals surface area contributed by atoms with Crippen LogP contribution in [0.3, 0.4) is 0 Å². The van der Waals surface area contributed by atoms with Gasteiger partial charge in [0.25, 0.3) is 0 Å². The van der Waals surface area contributed by atoms with E-state index in [1.54, 1.807) is 37.2 Å². The molecule has 0 saturated heterocycles. The topological polar surface area (TPSA) is 116 Å². The molecule has 0 aliphatic heterocycles. The largest absolute Gasteiger partial charge is 0.496 e. The Hall–Kier alpha value is -3.17. The summed E-state index contributed by atoms with van der Waals surface area (Å²) < 4.78 is 18.9. The fourth-order valence-corrected chi connectivity index (χ4v) is 4.40. The third kappa shape index (κ3) is 4.79. The number of pyridine rings is 1. The first-order valence-corrected chi connectivity index (χ1v) is 11.0. The monoisotopic (exact) mass is 455 g/mol. The lowest BCUT2D eigenvalue weighted by Crippen LogP contribution is -2.31. The highest BCUT2D eigenvalue weighted by Crippen LogP contribution is 2.35. The van der Waals surface area contributed by atoms with E-state index in [0.717, 1.165) is 31.2 Å². The summed E-state index contributed by atoms with van der Waals surface area (Å²) in [5, 5.41) is 25.3. The number of carboxylic acids is 1. The number of aliphatic hydroxyl groups excluding tert-OH is 1. The maximum Gasteiger partial charge on any atom is 0.338 e. The van der Waals surface area contributed by atoms with E-state index in [9.17, 15) is 15.0 Å². The Bertz CT molecular complexity index is 1110. The molecule has 0 radical (unpaired) electrons. The van der Waals surface area contributed by atoms with Gasteiger partial charge in [0.05, 0.1) is 38.6 Å². The number of methoxy groups -OCH3 is 2. The van der Waals surface area contributed by atoms with Crippen molar-refractivity contribution in [3.8, 4) is 11.5 Å². The van der Waals surface area contributed by atoms with Crippen molar-refractivity contribution in [1.29, 1.82) is 0 Å². The van der Waals surface area contributed by atoms with Crippen LogP contribution in [0.5, 0.6) is 11.5 Å². The molecule has 2 atom stereocenters. The lowest BCUT2D eigenvalue weighted by Gasteiger charge is -2.27. The van der Waals surface area contributed by atoms with Gasteiger partial charge >= 0.3 is 5.97 Å². The first kappa shape index (κ1) is 23.0. The van der Waals surface area contributed by atoms with Crippen LogP contribution >= 0.6 is 0 Å². The van der Waals surface area contributed by atoms with Crippen LogP contribution in [0, 0.1) is 6.92 Å². The van der Waals surface area contributed by atoms with Gasteiger partial charge in [-0.1, -0.05) is 12.8 Å². The quantitative estimate of drug-likeness (QED) is 0.504. The van der Waals surface area contributed by atoms with Gasteiger partial charge in [-0.2, -0.15) is 5.10 Å². The molecule has 2 aromatic heterocycles. The number of aromatic carboxylic acids is 1. The number of benzene rings is 1. The second-order valence-corrected chi connectivity index (χ2v) is 8.32. The van der Waals surface area contributed by atoms with Gasteiger partial charge in [0.1, 0.15) is 34.7 Å². The number of hydrogen-bond acceptors (Lipinski definition) is 7. The average molecular weight is 456 g/mol. The van der Waals surface area contributed by atoms with Gasteiger partial charge in [-0.3, -0.25) is 9.67 Å². The normalized spacial score (nSPS) is 16.1. The minimum Gasteiger partial charge on any atom is -0.496 e. The second kappa shape index (κ2) is 9.76. The predicted molar refractivity (Wildman–Crippen MR) is 121 cm³/mol. The van der Waals surface area contributed by atoms with E-state index in [0.29, 0.717) is 28.1 Å². The fourth-order valence-electron chi connectivity index (χ4n) is 4.40. The molecule has 9 heteroatoms. The number of hydrogen-bond donors (Lipinski definition) is 2. The first-order chi connectivity index (χ1) is 15.9. The lowest BCUT2D eigenvalue weighted by molar-refractivity contribution is -0.0845. The van der Waals surface area contributed by atoms with Crippen molar-refractivity contribution in [3.05, 3.63) is 47.3 Å². The minimum atomic E-state index is -1.06. The highest BCUT2D eigenvalue weighted by atomic mass is 16.5. The highest BCUT2D eigenvalue weighted by molar-refractivity contribution is 6.00. The van der Waals surface area contributed by atoms with Gasteiger partial charge in [0, 0.05) is 11.8 Å². The Morgan fingerprint density at radius 1 is 1.21 bits per heavy atom. The third-order valence-corrected chi connectivity index (χ3v) is 6.19. The zero-order valence-electron chi connectivity index (χ0n) is 19.0. The molecule has 1 saturated carbocycles. The number of rotatable bonds is 9. The molecule has 0 unspecified atom stereocenters. The Kier molecular flexibility index (Phi) is 6.80. The number of carbonyl (C=O) groups is 1. The zero-order chi connectivity index (χ0) is 23.5. The highest BCUT2D eigenvalue weighted by Gasteiger charge is 2.29. The van der Waals surface area contributed by atoms with Crippen LogP contribution < -0.4 is 9.47 Å². The standard InChI is InChI=1S/C24H29N3O6/c1-14-19(31-2)10-15(11-20(14)32-3)23(28)21(33-16-6-4-5-7-16)13-27-12-18-22(26-27)17(24(29)30)8-9-25-18/h8-12,16,21,23,28H,4-7,13H2,1-3H3,(H,29,30)/t21-,23+/m0/s1. The zero-order valence-corrected chi connectivity index (χ0v) is 19.0. The smallest absolute Gasteiger partial charge is 0.338 e. The molecule has 1 fully saturated rings. The van der Waals surface area contributed by atoms with Crippen molar-refractivity contribution in [2.75, 3.05) is 14.2 Å². The molecular weight excluding hydrogens is 426 g/mol. The summed E-state index contributed by atoms with van der Waals surface area (Å²) in [5.74, 6) is 0.163. The molecule has 2 heterocycles. The van der Waals surface area contributed by atoms with Crippen molar-refractivity contribution in [2.45, 2.75) is 57.5 Å². The maximum absolute atomic E-state index is 11.6. The molecule has 1 aromatic carbocycles. The predicted octanol–water partition coefficient (Wildman–Crippen LogP) is 3.52. The fraction of sp³-hybridized carbons (Fsp3) is 0.458. The Morgan fingerprint density at radius 2 is 1.88 bits per heavy atom. The number of nitrogens with zero attached hydrogens (tertiary/aromatic N) is 3. The van der Waals surface area contributed by atoms with E-state index in [4.69, 9.17) is 14.2 Å². The van der Waals surface area contributed by atoms with E-state index >= 15 is 0 Å². The van der Waals surface area contributed by atoms with Gasteiger partial charge in [0.2, 0.25) is 0 Å². The SMILES string of the molecule is COc1cc([C@@H](O)[C@H](Cn2cc3nccc(C(=O)O)c3n2)OC2CCCC2)cc(OC)c1C. The minimum absolute atomic E-state index is 0.0524. The van der Waals surface area contributed by atoms with E-state index in [1.165, 1.54) is 12.3 Å². The van der Waals surface area contributed by atoms with Gasteiger partial charge in [-0.15, -0.1) is 0 Å². The molecule has 0 spiro atoms. The van der Waals surface area contributed by atoms with Crippen LogP contribution in [0.2, 0.25) is 0 Å². The molecule has 33 heavy (non-hydrogen) atoms. The molecule has 4 rings (SSSR count). The summed E-state index contributed by atoms with van der Waals surface area (Å²) in [7, 11) is 3.15. The second-order valence-electron chi connectivity index (χ2n) is 8.32. The maximum atomic E-state index is 11.6. The van der Waals surface area contributed by atoms with Gasteiger partial charge in [0.15, 0.2) is 0 Å². The van der Waals surface area contributed by atoms with E-state index in [1.807, 2.05) is 6.92 Å². The van der Waals surface area contributed by atoms with Crippen molar-refractivity contribution in [3.63, 3.8) is 0 Å². The van der Waals surface area contributed by atoms with Crippen LogP contribution in [-0.2, 0) is 11.3 Å².